The molecule has 0 heterocycles. The molecule has 0 spiro atoms. The molecule has 0 aliphatic rings. The Hall–Kier alpha value is -1.36. The van der Waals surface area contributed by atoms with E-state index in [4.69, 9.17) is 17.3 Å². The normalized spacial score (nSPS) is 10.0. The molecule has 0 atom stereocenters. The van der Waals surface area contributed by atoms with Crippen LogP contribution >= 0.6 is 11.6 Å². The number of hydrogen-bond acceptors (Lipinski definition) is 3. The van der Waals surface area contributed by atoms with E-state index in [1.165, 1.54) is 0 Å². The van der Waals surface area contributed by atoms with Crippen molar-refractivity contribution in [1.82, 2.24) is 0 Å². The Kier molecular flexibility index (Phi) is 2.90. The van der Waals surface area contributed by atoms with Gasteiger partial charge in [-0.3, -0.25) is 0 Å². The van der Waals surface area contributed by atoms with Crippen molar-refractivity contribution >= 4 is 23.3 Å². The highest BCUT2D eigenvalue weighted by Crippen LogP contribution is 2.27. The van der Waals surface area contributed by atoms with Crippen molar-refractivity contribution in [3.8, 4) is 0 Å². The van der Waals surface area contributed by atoms with Crippen LogP contribution in [-0.4, -0.2) is 13.1 Å². The van der Waals surface area contributed by atoms with Gasteiger partial charge in [0.2, 0.25) is 0 Å². The fourth-order valence-corrected chi connectivity index (χ4v) is 1.06. The van der Waals surface area contributed by atoms with E-state index < -0.39 is 28.9 Å². The van der Waals surface area contributed by atoms with Crippen LogP contribution < -0.4 is 5.73 Å². The van der Waals surface area contributed by atoms with Crippen molar-refractivity contribution in [1.29, 1.82) is 0 Å². The second-order valence-corrected chi connectivity index (χ2v) is 2.85. The Balaban J connectivity index is 3.40. The van der Waals surface area contributed by atoms with Gasteiger partial charge in [0.05, 0.1) is 23.4 Å². The number of rotatable bonds is 1. The summed E-state index contributed by atoms with van der Waals surface area (Å²) in [6, 6.07) is 0.918. The second-order valence-electron chi connectivity index (χ2n) is 2.44. The van der Waals surface area contributed by atoms with Crippen LogP contribution in [0.2, 0.25) is 5.02 Å². The summed E-state index contributed by atoms with van der Waals surface area (Å²) in [7, 11) is 1.05. The zero-order valence-electron chi connectivity index (χ0n) is 7.11. The van der Waals surface area contributed by atoms with Gasteiger partial charge in [-0.2, -0.15) is 0 Å². The van der Waals surface area contributed by atoms with E-state index in [2.05, 4.69) is 4.74 Å². The molecule has 0 saturated heterocycles. The van der Waals surface area contributed by atoms with Gasteiger partial charge < -0.3 is 10.5 Å². The fraction of sp³-hybridized carbons (Fsp3) is 0.125. The summed E-state index contributed by atoms with van der Waals surface area (Å²) >= 11 is 5.45. The number of halogens is 3. The molecule has 76 valence electrons. The van der Waals surface area contributed by atoms with Crippen molar-refractivity contribution in [2.45, 2.75) is 0 Å². The lowest BCUT2D eigenvalue weighted by Gasteiger charge is -2.05. The number of carbonyl (C=O) groups is 1. The van der Waals surface area contributed by atoms with Crippen LogP contribution in [0.5, 0.6) is 0 Å². The average Bonchev–Trinajstić information content (AvgIpc) is 2.19. The Labute approximate surface area is 83.4 Å². The molecule has 0 aliphatic heterocycles. The number of anilines is 1. The smallest absolute Gasteiger partial charge is 0.341 e. The first-order chi connectivity index (χ1) is 6.49. The maximum Gasteiger partial charge on any atom is 0.341 e. The minimum Gasteiger partial charge on any atom is -0.465 e. The quantitative estimate of drug-likeness (QED) is 0.448. The van der Waals surface area contributed by atoms with Gasteiger partial charge >= 0.3 is 5.97 Å². The standard InChI is InChI=1S/C8H6ClF2NO2/c1-14-8(13)3-2-4(9)7(12)6(11)5(3)10/h2H,12H2,1H3. The molecule has 0 saturated carbocycles. The molecular formula is C8H6ClF2NO2. The predicted octanol–water partition coefficient (Wildman–Crippen LogP) is 1.99. The van der Waals surface area contributed by atoms with Crippen LogP contribution in [0.15, 0.2) is 6.07 Å². The van der Waals surface area contributed by atoms with Crippen LogP contribution in [0.1, 0.15) is 10.4 Å². The molecule has 0 fully saturated rings. The topological polar surface area (TPSA) is 52.3 Å². The van der Waals surface area contributed by atoms with Crippen molar-refractivity contribution in [3.05, 3.63) is 28.3 Å². The van der Waals surface area contributed by atoms with Gasteiger partial charge in [0, 0.05) is 0 Å². The first kappa shape index (κ1) is 10.7. The van der Waals surface area contributed by atoms with Crippen LogP contribution in [-0.2, 0) is 4.74 Å². The van der Waals surface area contributed by atoms with Gasteiger partial charge in [-0.1, -0.05) is 11.6 Å². The van der Waals surface area contributed by atoms with Gasteiger partial charge in [0.25, 0.3) is 0 Å². The van der Waals surface area contributed by atoms with Gasteiger partial charge in [0.15, 0.2) is 11.6 Å². The number of esters is 1. The highest BCUT2D eigenvalue weighted by atomic mass is 35.5. The third-order valence-corrected chi connectivity index (χ3v) is 1.91. The summed E-state index contributed by atoms with van der Waals surface area (Å²) in [6.07, 6.45) is 0. The van der Waals surface area contributed by atoms with Crippen LogP contribution in [0.25, 0.3) is 0 Å². The van der Waals surface area contributed by atoms with Crippen LogP contribution in [0.4, 0.5) is 14.5 Å². The highest BCUT2D eigenvalue weighted by Gasteiger charge is 2.20. The Morgan fingerprint density at radius 2 is 2.07 bits per heavy atom. The molecule has 0 radical (unpaired) electrons. The first-order valence-electron chi connectivity index (χ1n) is 3.50. The van der Waals surface area contributed by atoms with Crippen LogP contribution in [0.3, 0.4) is 0 Å². The molecule has 0 unspecified atom stereocenters. The van der Waals surface area contributed by atoms with E-state index in [0.29, 0.717) is 0 Å². The molecule has 3 nitrogen and oxygen atoms in total. The number of carbonyl (C=O) groups excluding carboxylic acids is 1. The largest absolute Gasteiger partial charge is 0.465 e. The van der Waals surface area contributed by atoms with E-state index in [1.54, 1.807) is 0 Å². The van der Waals surface area contributed by atoms with Crippen LogP contribution in [0, 0.1) is 11.6 Å². The maximum atomic E-state index is 13.1. The number of hydrogen-bond donors (Lipinski definition) is 1. The Morgan fingerprint density at radius 3 is 2.57 bits per heavy atom. The molecule has 1 aromatic carbocycles. The summed E-state index contributed by atoms with van der Waals surface area (Å²) in [5.41, 5.74) is 3.98. The lowest BCUT2D eigenvalue weighted by Crippen LogP contribution is -2.08. The zero-order valence-corrected chi connectivity index (χ0v) is 7.86. The van der Waals surface area contributed by atoms with Gasteiger partial charge in [-0.25, -0.2) is 13.6 Å². The summed E-state index contributed by atoms with van der Waals surface area (Å²) in [4.78, 5) is 10.9. The van der Waals surface area contributed by atoms with E-state index >= 15 is 0 Å². The molecule has 14 heavy (non-hydrogen) atoms. The monoisotopic (exact) mass is 221 g/mol. The Morgan fingerprint density at radius 1 is 1.50 bits per heavy atom. The van der Waals surface area contributed by atoms with E-state index in [0.717, 1.165) is 13.2 Å². The maximum absolute atomic E-state index is 13.1. The van der Waals surface area contributed by atoms with Crippen molar-refractivity contribution in [2.75, 3.05) is 12.8 Å². The second kappa shape index (κ2) is 3.79. The highest BCUT2D eigenvalue weighted by molar-refractivity contribution is 6.33. The average molecular weight is 222 g/mol. The van der Waals surface area contributed by atoms with Crippen molar-refractivity contribution in [2.24, 2.45) is 0 Å². The minimum atomic E-state index is -1.36. The molecule has 0 bridgehead atoms. The zero-order chi connectivity index (χ0) is 10.9. The third kappa shape index (κ3) is 1.63. The molecule has 6 heteroatoms. The summed E-state index contributed by atoms with van der Waals surface area (Å²) in [5.74, 6) is -3.72. The summed E-state index contributed by atoms with van der Waals surface area (Å²) < 4.78 is 30.2. The third-order valence-electron chi connectivity index (χ3n) is 1.60. The molecule has 2 N–H and O–H groups in total. The molecular weight excluding hydrogens is 216 g/mol. The fourth-order valence-electron chi connectivity index (χ4n) is 0.868. The van der Waals surface area contributed by atoms with Gasteiger partial charge in [-0.05, 0) is 6.07 Å². The molecule has 1 aromatic rings. The number of nitrogens with two attached hydrogens (primary N) is 1. The number of benzene rings is 1. The van der Waals surface area contributed by atoms with Crippen molar-refractivity contribution < 1.29 is 18.3 Å². The number of ether oxygens (including phenoxy) is 1. The number of nitrogen functional groups attached to an aromatic ring is 1. The first-order valence-corrected chi connectivity index (χ1v) is 3.88. The van der Waals surface area contributed by atoms with E-state index in [-0.39, 0.29) is 5.02 Å². The molecule has 0 aliphatic carbocycles. The summed E-state index contributed by atoms with van der Waals surface area (Å²) in [6.45, 7) is 0. The van der Waals surface area contributed by atoms with Gasteiger partial charge in [0.1, 0.15) is 0 Å². The molecule has 0 aromatic heterocycles. The van der Waals surface area contributed by atoms with Crippen molar-refractivity contribution in [3.63, 3.8) is 0 Å². The predicted molar refractivity (Wildman–Crippen MR) is 47.1 cm³/mol. The summed E-state index contributed by atoms with van der Waals surface area (Å²) in [5, 5.41) is -0.232. The molecule has 0 amide bonds. The minimum absolute atomic E-state index is 0.232. The van der Waals surface area contributed by atoms with Gasteiger partial charge in [-0.15, -0.1) is 0 Å². The lowest BCUT2D eigenvalue weighted by molar-refractivity contribution is 0.0594. The van der Waals surface area contributed by atoms with E-state index in [1.807, 2.05) is 0 Å². The SMILES string of the molecule is COC(=O)c1cc(Cl)c(N)c(F)c1F. The van der Waals surface area contributed by atoms with E-state index in [9.17, 15) is 13.6 Å². The molecule has 1 rings (SSSR count). The lowest BCUT2D eigenvalue weighted by atomic mass is 10.2. The number of methoxy groups -OCH3 is 1. The Bertz CT molecular complexity index is 395.